The minimum absolute atomic E-state index is 0.0514. The molecule has 1 saturated heterocycles. The Bertz CT molecular complexity index is 175. The first kappa shape index (κ1) is 9.48. The van der Waals surface area contributed by atoms with Crippen LogP contribution in [0.1, 0.15) is 19.8 Å². The third-order valence-electron chi connectivity index (χ3n) is 2.20. The van der Waals surface area contributed by atoms with Crippen molar-refractivity contribution in [2.45, 2.75) is 25.3 Å². The Morgan fingerprint density at radius 1 is 1.58 bits per heavy atom. The molecule has 4 heteroatoms. The summed E-state index contributed by atoms with van der Waals surface area (Å²) in [5, 5.41) is 0. The van der Waals surface area contributed by atoms with E-state index < -0.39 is 0 Å². The maximum absolute atomic E-state index is 10.5. The third kappa shape index (κ3) is 2.19. The van der Waals surface area contributed by atoms with Gasteiger partial charge in [0.05, 0.1) is 6.54 Å². The van der Waals surface area contributed by atoms with Crippen LogP contribution in [0.5, 0.6) is 0 Å². The van der Waals surface area contributed by atoms with Crippen LogP contribution in [0.15, 0.2) is 0 Å². The molecule has 0 radical (unpaired) electrons. The van der Waals surface area contributed by atoms with Gasteiger partial charge >= 0.3 is 0 Å². The number of nitrogens with zero attached hydrogens (tertiary/aromatic N) is 1. The lowest BCUT2D eigenvalue weighted by atomic mass is 9.86. The molecule has 1 heterocycles. The van der Waals surface area contributed by atoms with Gasteiger partial charge in [-0.3, -0.25) is 9.69 Å². The van der Waals surface area contributed by atoms with E-state index in [-0.39, 0.29) is 11.4 Å². The highest BCUT2D eigenvalue weighted by Gasteiger charge is 2.38. The van der Waals surface area contributed by atoms with Gasteiger partial charge in [0.15, 0.2) is 0 Å². The van der Waals surface area contributed by atoms with Gasteiger partial charge in [-0.2, -0.15) is 0 Å². The first-order valence-electron chi connectivity index (χ1n) is 4.35. The molecular weight excluding hydrogens is 154 g/mol. The Morgan fingerprint density at radius 3 is 2.58 bits per heavy atom. The molecule has 0 aliphatic carbocycles. The molecule has 0 aromatic rings. The first-order valence-corrected chi connectivity index (χ1v) is 4.35. The molecule has 4 nitrogen and oxygen atoms in total. The molecule has 1 aliphatic rings. The molecular formula is C8H17N3O. The molecule has 1 fully saturated rings. The number of carbonyl (C=O) groups is 1. The van der Waals surface area contributed by atoms with E-state index in [9.17, 15) is 4.79 Å². The predicted molar refractivity (Wildman–Crippen MR) is 47.5 cm³/mol. The first-order chi connectivity index (χ1) is 5.56. The summed E-state index contributed by atoms with van der Waals surface area (Å²) in [6, 6.07) is 0. The number of primary amides is 1. The van der Waals surface area contributed by atoms with Gasteiger partial charge in [0, 0.05) is 18.6 Å². The van der Waals surface area contributed by atoms with E-state index in [1.54, 1.807) is 0 Å². The quantitative estimate of drug-likeness (QED) is 0.586. The van der Waals surface area contributed by atoms with Crippen LogP contribution in [0, 0.1) is 0 Å². The Labute approximate surface area is 72.9 Å². The summed E-state index contributed by atoms with van der Waals surface area (Å²) in [7, 11) is 0. The normalized spacial score (nSPS) is 21.8. The highest BCUT2D eigenvalue weighted by molar-refractivity contribution is 5.76. The lowest BCUT2D eigenvalue weighted by Gasteiger charge is -2.47. The highest BCUT2D eigenvalue weighted by Crippen LogP contribution is 2.22. The molecule has 1 rings (SSSR count). The largest absolute Gasteiger partial charge is 0.369 e. The van der Waals surface area contributed by atoms with E-state index in [4.69, 9.17) is 11.5 Å². The van der Waals surface area contributed by atoms with Crippen LogP contribution in [0.3, 0.4) is 0 Å². The molecule has 4 N–H and O–H groups in total. The van der Waals surface area contributed by atoms with Crippen molar-refractivity contribution < 1.29 is 4.79 Å². The summed E-state index contributed by atoms with van der Waals surface area (Å²) in [6.45, 7) is 4.08. The van der Waals surface area contributed by atoms with Crippen LogP contribution < -0.4 is 11.5 Å². The van der Waals surface area contributed by atoms with Crippen LogP contribution in [0.2, 0.25) is 0 Å². The average Bonchev–Trinajstić information content (AvgIpc) is 1.83. The molecule has 0 bridgehead atoms. The van der Waals surface area contributed by atoms with Crippen LogP contribution in [0.25, 0.3) is 0 Å². The lowest BCUT2D eigenvalue weighted by Crippen LogP contribution is -2.68. The monoisotopic (exact) mass is 171 g/mol. The summed E-state index contributed by atoms with van der Waals surface area (Å²) < 4.78 is 0. The third-order valence-corrected chi connectivity index (χ3v) is 2.20. The van der Waals surface area contributed by atoms with Crippen LogP contribution in [0.4, 0.5) is 0 Å². The van der Waals surface area contributed by atoms with Gasteiger partial charge in [-0.15, -0.1) is 0 Å². The van der Waals surface area contributed by atoms with Crippen molar-refractivity contribution in [1.29, 1.82) is 0 Å². The van der Waals surface area contributed by atoms with Crippen LogP contribution in [-0.4, -0.2) is 36.0 Å². The zero-order valence-electron chi connectivity index (χ0n) is 7.55. The van der Waals surface area contributed by atoms with Gasteiger partial charge in [-0.05, 0) is 6.42 Å². The van der Waals surface area contributed by atoms with Gasteiger partial charge in [0.25, 0.3) is 0 Å². The number of amides is 1. The minimum Gasteiger partial charge on any atom is -0.369 e. The fraction of sp³-hybridized carbons (Fsp3) is 0.875. The highest BCUT2D eigenvalue weighted by atomic mass is 16.1. The predicted octanol–water partition coefficient (Wildman–Crippen LogP) is -0.715. The Balaban J connectivity index is 2.22. The van der Waals surface area contributed by atoms with E-state index in [1.807, 2.05) is 4.90 Å². The number of rotatable bonds is 4. The molecule has 70 valence electrons. The van der Waals surface area contributed by atoms with E-state index in [2.05, 4.69) is 6.92 Å². The van der Waals surface area contributed by atoms with Gasteiger partial charge in [0.2, 0.25) is 5.91 Å². The van der Waals surface area contributed by atoms with E-state index >= 15 is 0 Å². The second-order valence-corrected chi connectivity index (χ2v) is 3.72. The number of carbonyl (C=O) groups excluding carboxylic acids is 1. The molecule has 0 saturated carbocycles. The summed E-state index contributed by atoms with van der Waals surface area (Å²) in [5.41, 5.74) is 11.0. The van der Waals surface area contributed by atoms with Gasteiger partial charge in [-0.1, -0.05) is 13.3 Å². The zero-order valence-corrected chi connectivity index (χ0v) is 7.55. The van der Waals surface area contributed by atoms with Crippen molar-refractivity contribution in [3.63, 3.8) is 0 Å². The Hall–Kier alpha value is -0.610. The second-order valence-electron chi connectivity index (χ2n) is 3.72. The van der Waals surface area contributed by atoms with E-state index in [0.717, 1.165) is 25.9 Å². The second kappa shape index (κ2) is 3.41. The van der Waals surface area contributed by atoms with E-state index in [1.165, 1.54) is 0 Å². The summed E-state index contributed by atoms with van der Waals surface area (Å²) in [6.07, 6.45) is 2.13. The number of likely N-dealkylation sites (tertiary alicyclic amines) is 1. The topological polar surface area (TPSA) is 72.3 Å². The van der Waals surface area contributed by atoms with E-state index in [0.29, 0.717) is 6.54 Å². The summed E-state index contributed by atoms with van der Waals surface area (Å²) in [5.74, 6) is -0.270. The molecule has 0 atom stereocenters. The summed E-state index contributed by atoms with van der Waals surface area (Å²) >= 11 is 0. The molecule has 0 aromatic carbocycles. The Kier molecular flexibility index (Phi) is 2.69. The zero-order chi connectivity index (χ0) is 9.19. The van der Waals surface area contributed by atoms with Crippen molar-refractivity contribution >= 4 is 5.91 Å². The molecule has 1 aliphatic heterocycles. The van der Waals surface area contributed by atoms with Crippen molar-refractivity contribution in [3.05, 3.63) is 0 Å². The van der Waals surface area contributed by atoms with Crippen molar-refractivity contribution in [2.24, 2.45) is 11.5 Å². The van der Waals surface area contributed by atoms with Gasteiger partial charge < -0.3 is 11.5 Å². The van der Waals surface area contributed by atoms with Crippen LogP contribution in [-0.2, 0) is 4.79 Å². The lowest BCUT2D eigenvalue weighted by molar-refractivity contribution is -0.121. The number of nitrogens with two attached hydrogens (primary N) is 2. The maximum atomic E-state index is 10.5. The minimum atomic E-state index is -0.270. The molecule has 1 amide bonds. The van der Waals surface area contributed by atoms with Crippen molar-refractivity contribution in [3.8, 4) is 0 Å². The summed E-state index contributed by atoms with van der Waals surface area (Å²) in [4.78, 5) is 12.5. The SMILES string of the molecule is CCCC1(N)CN(CC(N)=O)C1. The molecule has 0 spiro atoms. The van der Waals surface area contributed by atoms with Gasteiger partial charge in [-0.25, -0.2) is 0 Å². The fourth-order valence-electron chi connectivity index (χ4n) is 1.83. The van der Waals surface area contributed by atoms with Crippen LogP contribution >= 0.6 is 0 Å². The number of hydrogen-bond donors (Lipinski definition) is 2. The van der Waals surface area contributed by atoms with Gasteiger partial charge in [0.1, 0.15) is 0 Å². The maximum Gasteiger partial charge on any atom is 0.231 e. The number of hydrogen-bond acceptors (Lipinski definition) is 3. The average molecular weight is 171 g/mol. The fourth-order valence-corrected chi connectivity index (χ4v) is 1.83. The standard InChI is InChI=1S/C8H17N3O/c1-2-3-8(10)5-11(6-8)4-7(9)12/h2-6,10H2,1H3,(H2,9,12). The van der Waals surface area contributed by atoms with Crippen molar-refractivity contribution in [2.75, 3.05) is 19.6 Å². The molecule has 0 unspecified atom stereocenters. The Morgan fingerprint density at radius 2 is 2.17 bits per heavy atom. The molecule has 12 heavy (non-hydrogen) atoms. The molecule has 0 aromatic heterocycles. The smallest absolute Gasteiger partial charge is 0.231 e. The van der Waals surface area contributed by atoms with Crippen molar-refractivity contribution in [1.82, 2.24) is 4.90 Å².